The molecule has 0 saturated carbocycles. The summed E-state index contributed by atoms with van der Waals surface area (Å²) in [6.45, 7) is 7.72. The van der Waals surface area contributed by atoms with Crippen LogP contribution in [0.25, 0.3) is 0 Å². The van der Waals surface area contributed by atoms with E-state index in [1.807, 2.05) is 18.2 Å². The normalized spacial score (nSPS) is 19.5. The Morgan fingerprint density at radius 2 is 2.23 bits per heavy atom. The number of nitrogens with zero attached hydrogens (tertiary/aromatic N) is 1. The van der Waals surface area contributed by atoms with Gasteiger partial charge in [-0.05, 0) is 26.8 Å². The summed E-state index contributed by atoms with van der Waals surface area (Å²) in [5.41, 5.74) is 0.965. The van der Waals surface area contributed by atoms with Crippen molar-refractivity contribution in [3.05, 3.63) is 29.8 Å². The third kappa shape index (κ3) is 4.17. The second-order valence-corrected chi connectivity index (χ2v) is 6.02. The molecule has 1 aliphatic heterocycles. The summed E-state index contributed by atoms with van der Waals surface area (Å²) < 4.78 is 6.06. The van der Waals surface area contributed by atoms with Crippen molar-refractivity contribution in [3.8, 4) is 18.1 Å². The van der Waals surface area contributed by atoms with Crippen molar-refractivity contribution in [1.82, 2.24) is 10.6 Å². The molecule has 1 heterocycles. The molecule has 4 nitrogen and oxygen atoms in total. The number of ether oxygens (including phenoxy) is 1. The zero-order chi connectivity index (χ0) is 16.0. The number of para-hydroxylation sites is 1. The lowest BCUT2D eigenvalue weighted by atomic mass is 9.90. The number of hydrogen-bond acceptors (Lipinski definition) is 2. The Labute approximate surface area is 133 Å². The monoisotopic (exact) mass is 299 g/mol. The molecule has 0 amide bonds. The van der Waals surface area contributed by atoms with Crippen molar-refractivity contribution in [1.29, 1.82) is 0 Å². The molecule has 22 heavy (non-hydrogen) atoms. The molecule has 2 rings (SSSR count). The van der Waals surface area contributed by atoms with Crippen LogP contribution < -0.4 is 15.4 Å². The van der Waals surface area contributed by atoms with Gasteiger partial charge in [0.25, 0.3) is 0 Å². The van der Waals surface area contributed by atoms with Gasteiger partial charge in [-0.2, -0.15) is 0 Å². The maximum atomic E-state index is 6.06. The maximum absolute atomic E-state index is 6.06. The van der Waals surface area contributed by atoms with Crippen molar-refractivity contribution < 1.29 is 4.74 Å². The molecule has 0 bridgehead atoms. The van der Waals surface area contributed by atoms with Gasteiger partial charge in [0.1, 0.15) is 11.4 Å². The Kier molecular flexibility index (Phi) is 5.32. The fraction of sp³-hybridized carbons (Fsp3) is 0.500. The Hall–Kier alpha value is -2.15. The summed E-state index contributed by atoms with van der Waals surface area (Å²) in [7, 11) is 0. The summed E-state index contributed by atoms with van der Waals surface area (Å²) in [4.78, 5) is 4.53. The van der Waals surface area contributed by atoms with Crippen LogP contribution in [0.3, 0.4) is 0 Å². The molecule has 1 unspecified atom stereocenters. The van der Waals surface area contributed by atoms with Crippen LogP contribution in [0.5, 0.6) is 5.75 Å². The molecule has 1 aliphatic rings. The van der Waals surface area contributed by atoms with Gasteiger partial charge in [-0.25, -0.2) is 0 Å². The molecule has 0 fully saturated rings. The third-order valence-electron chi connectivity index (χ3n) is 3.56. The standard InChI is InChI=1S/C18H25N3O/c1-5-7-12-20-17(19-6-2)21-15-13-18(3,4)22-16-11-9-8-10-14(15)16/h1,8-11,15H,6-7,12-13H2,2-4H3,(H2,19,20,21). The van der Waals surface area contributed by atoms with E-state index in [4.69, 9.17) is 11.2 Å². The largest absolute Gasteiger partial charge is 0.487 e. The van der Waals surface area contributed by atoms with E-state index < -0.39 is 0 Å². The maximum Gasteiger partial charge on any atom is 0.191 e. The van der Waals surface area contributed by atoms with Crippen LogP contribution in [-0.2, 0) is 0 Å². The number of fused-ring (bicyclic) bond motifs is 1. The number of aliphatic imine (C=N–C) groups is 1. The molecule has 0 radical (unpaired) electrons. The highest BCUT2D eigenvalue weighted by molar-refractivity contribution is 5.80. The van der Waals surface area contributed by atoms with Gasteiger partial charge in [-0.15, -0.1) is 12.3 Å². The van der Waals surface area contributed by atoms with Crippen molar-refractivity contribution in [2.75, 3.05) is 13.1 Å². The second kappa shape index (κ2) is 7.22. The van der Waals surface area contributed by atoms with E-state index in [-0.39, 0.29) is 11.6 Å². The molecule has 0 aliphatic carbocycles. The van der Waals surface area contributed by atoms with E-state index >= 15 is 0 Å². The summed E-state index contributed by atoms with van der Waals surface area (Å²) in [5, 5.41) is 6.79. The van der Waals surface area contributed by atoms with E-state index in [2.05, 4.69) is 48.4 Å². The minimum atomic E-state index is -0.206. The van der Waals surface area contributed by atoms with Crippen LogP contribution in [0.2, 0.25) is 0 Å². The number of nitrogens with one attached hydrogen (secondary N) is 2. The molecule has 1 aromatic rings. The smallest absolute Gasteiger partial charge is 0.191 e. The minimum absolute atomic E-state index is 0.170. The Morgan fingerprint density at radius 3 is 2.95 bits per heavy atom. The van der Waals surface area contributed by atoms with E-state index in [9.17, 15) is 0 Å². The van der Waals surface area contributed by atoms with E-state index in [1.54, 1.807) is 0 Å². The Bertz CT molecular complexity index is 572. The first-order valence-electron chi connectivity index (χ1n) is 7.82. The summed E-state index contributed by atoms with van der Waals surface area (Å²) in [6.07, 6.45) is 6.82. The van der Waals surface area contributed by atoms with Gasteiger partial charge in [0.15, 0.2) is 5.96 Å². The number of benzene rings is 1. The van der Waals surface area contributed by atoms with Crippen LogP contribution >= 0.6 is 0 Å². The van der Waals surface area contributed by atoms with Crippen LogP contribution in [0.1, 0.15) is 45.2 Å². The van der Waals surface area contributed by atoms with Crippen molar-refractivity contribution in [2.45, 2.75) is 45.3 Å². The first-order valence-corrected chi connectivity index (χ1v) is 7.82. The Balaban J connectivity index is 2.19. The first kappa shape index (κ1) is 16.2. The average Bonchev–Trinajstić information content (AvgIpc) is 2.46. The van der Waals surface area contributed by atoms with Crippen LogP contribution in [0.15, 0.2) is 29.3 Å². The SMILES string of the molecule is C#CCCN=C(NCC)NC1CC(C)(C)Oc2ccccc21. The quantitative estimate of drug-likeness (QED) is 0.389. The Morgan fingerprint density at radius 1 is 1.45 bits per heavy atom. The predicted octanol–water partition coefficient (Wildman–Crippen LogP) is 2.87. The third-order valence-corrected chi connectivity index (χ3v) is 3.56. The fourth-order valence-corrected chi connectivity index (χ4v) is 2.65. The molecule has 1 atom stereocenters. The summed E-state index contributed by atoms with van der Waals surface area (Å²) in [6, 6.07) is 8.34. The minimum Gasteiger partial charge on any atom is -0.487 e. The molecule has 2 N–H and O–H groups in total. The topological polar surface area (TPSA) is 45.7 Å². The molecule has 0 saturated heterocycles. The number of terminal acetylenes is 1. The van der Waals surface area contributed by atoms with Gasteiger partial charge in [0.2, 0.25) is 0 Å². The molecule has 0 aromatic heterocycles. The lowest BCUT2D eigenvalue weighted by Crippen LogP contribution is -2.45. The van der Waals surface area contributed by atoms with Crippen LogP contribution in [-0.4, -0.2) is 24.7 Å². The van der Waals surface area contributed by atoms with Crippen molar-refractivity contribution >= 4 is 5.96 Å². The number of rotatable bonds is 4. The predicted molar refractivity (Wildman–Crippen MR) is 91.1 cm³/mol. The number of hydrogen-bond donors (Lipinski definition) is 2. The summed E-state index contributed by atoms with van der Waals surface area (Å²) >= 11 is 0. The zero-order valence-corrected chi connectivity index (χ0v) is 13.6. The second-order valence-electron chi connectivity index (χ2n) is 6.02. The highest BCUT2D eigenvalue weighted by Gasteiger charge is 2.33. The van der Waals surface area contributed by atoms with Gasteiger partial charge < -0.3 is 15.4 Å². The highest BCUT2D eigenvalue weighted by atomic mass is 16.5. The van der Waals surface area contributed by atoms with Gasteiger partial charge in [0, 0.05) is 24.9 Å². The number of guanidine groups is 1. The highest BCUT2D eigenvalue weighted by Crippen LogP contribution is 2.39. The van der Waals surface area contributed by atoms with Crippen LogP contribution in [0.4, 0.5) is 0 Å². The zero-order valence-electron chi connectivity index (χ0n) is 13.6. The van der Waals surface area contributed by atoms with Crippen molar-refractivity contribution in [3.63, 3.8) is 0 Å². The molecular formula is C18H25N3O. The average molecular weight is 299 g/mol. The van der Waals surface area contributed by atoms with E-state index in [1.165, 1.54) is 5.56 Å². The molecular weight excluding hydrogens is 274 g/mol. The van der Waals surface area contributed by atoms with E-state index in [0.29, 0.717) is 13.0 Å². The lowest BCUT2D eigenvalue weighted by molar-refractivity contribution is 0.0694. The lowest BCUT2D eigenvalue weighted by Gasteiger charge is -2.38. The summed E-state index contributed by atoms with van der Waals surface area (Å²) in [5.74, 6) is 4.36. The molecule has 0 spiro atoms. The van der Waals surface area contributed by atoms with E-state index in [0.717, 1.165) is 24.7 Å². The molecule has 4 heteroatoms. The van der Waals surface area contributed by atoms with Gasteiger partial charge in [-0.3, -0.25) is 4.99 Å². The van der Waals surface area contributed by atoms with Gasteiger partial charge in [0.05, 0.1) is 12.6 Å². The van der Waals surface area contributed by atoms with Gasteiger partial charge in [-0.1, -0.05) is 18.2 Å². The van der Waals surface area contributed by atoms with Gasteiger partial charge >= 0.3 is 0 Å². The fourth-order valence-electron chi connectivity index (χ4n) is 2.65. The first-order chi connectivity index (χ1) is 10.6. The molecule has 1 aromatic carbocycles. The van der Waals surface area contributed by atoms with Crippen molar-refractivity contribution in [2.24, 2.45) is 4.99 Å². The van der Waals surface area contributed by atoms with Crippen LogP contribution in [0, 0.1) is 12.3 Å². The molecule has 118 valence electrons.